The lowest BCUT2D eigenvalue weighted by Crippen LogP contribution is -2.38. The minimum Gasteiger partial charge on any atom is -0.361 e. The summed E-state index contributed by atoms with van der Waals surface area (Å²) < 4.78 is 0. The molecule has 2 aromatic carbocycles. The van der Waals surface area contributed by atoms with Crippen molar-refractivity contribution in [2.75, 3.05) is 5.32 Å². The molecule has 5 heteroatoms. The van der Waals surface area contributed by atoms with E-state index in [1.54, 1.807) is 6.20 Å². The molecule has 0 spiro atoms. The van der Waals surface area contributed by atoms with Crippen molar-refractivity contribution in [2.24, 2.45) is 0 Å². The summed E-state index contributed by atoms with van der Waals surface area (Å²) in [6.07, 6.45) is 1.44. The summed E-state index contributed by atoms with van der Waals surface area (Å²) in [5, 5.41) is 13.5. The maximum Gasteiger partial charge on any atom is 0.255 e. The van der Waals surface area contributed by atoms with Gasteiger partial charge >= 0.3 is 0 Å². The minimum absolute atomic E-state index is 0.0830. The topological polar surface area (TPSA) is 69.8 Å². The van der Waals surface area contributed by atoms with Gasteiger partial charge in [-0.1, -0.05) is 42.0 Å². The first-order chi connectivity index (χ1) is 11.2. The van der Waals surface area contributed by atoms with Crippen LogP contribution < -0.4 is 10.6 Å². The first kappa shape index (κ1) is 13.6. The number of benzene rings is 2. The van der Waals surface area contributed by atoms with E-state index < -0.39 is 0 Å². The maximum atomic E-state index is 12.3. The number of aromatic nitrogens is 2. The summed E-state index contributed by atoms with van der Waals surface area (Å²) in [5.74, 6) is -0.0830. The van der Waals surface area contributed by atoms with E-state index in [9.17, 15) is 4.79 Å². The van der Waals surface area contributed by atoms with E-state index in [1.807, 2.05) is 36.4 Å². The molecule has 1 aliphatic rings. The van der Waals surface area contributed by atoms with E-state index in [0.29, 0.717) is 5.56 Å². The Morgan fingerprint density at radius 1 is 1.00 bits per heavy atom. The molecule has 0 bridgehead atoms. The Kier molecular flexibility index (Phi) is 3.12. The highest BCUT2D eigenvalue weighted by Gasteiger charge is 2.27. The van der Waals surface area contributed by atoms with Gasteiger partial charge in [0.05, 0.1) is 17.5 Å². The molecule has 1 aromatic heterocycles. The molecule has 0 radical (unpaired) electrons. The summed E-state index contributed by atoms with van der Waals surface area (Å²) in [7, 11) is 0. The lowest BCUT2D eigenvalue weighted by atomic mass is 10.0. The molecule has 3 aromatic rings. The lowest BCUT2D eigenvalue weighted by Gasteiger charge is -2.27. The smallest absolute Gasteiger partial charge is 0.255 e. The molecule has 5 nitrogen and oxygen atoms in total. The van der Waals surface area contributed by atoms with Crippen LogP contribution in [0.2, 0.25) is 0 Å². The molecule has 0 saturated heterocycles. The van der Waals surface area contributed by atoms with Crippen LogP contribution in [0.5, 0.6) is 0 Å². The second kappa shape index (κ2) is 5.28. The van der Waals surface area contributed by atoms with Gasteiger partial charge in [0, 0.05) is 11.3 Å². The molecular formula is C18H16N4O. The number of rotatable bonds is 2. The number of amides is 1. The number of hydrogen-bond donors (Lipinski definition) is 3. The summed E-state index contributed by atoms with van der Waals surface area (Å²) in [4.78, 5) is 12.3. The highest BCUT2D eigenvalue weighted by atomic mass is 16.2. The van der Waals surface area contributed by atoms with Gasteiger partial charge in [-0.3, -0.25) is 9.89 Å². The molecule has 2 heterocycles. The van der Waals surface area contributed by atoms with E-state index in [-0.39, 0.29) is 12.1 Å². The third-order valence-corrected chi connectivity index (χ3v) is 4.07. The van der Waals surface area contributed by atoms with E-state index >= 15 is 0 Å². The number of fused-ring (bicyclic) bond motifs is 1. The van der Waals surface area contributed by atoms with Crippen LogP contribution in [0.4, 0.5) is 5.69 Å². The molecule has 0 saturated carbocycles. The molecule has 0 fully saturated rings. The zero-order valence-electron chi connectivity index (χ0n) is 12.6. The lowest BCUT2D eigenvalue weighted by molar-refractivity contribution is 0.0936. The summed E-state index contributed by atoms with van der Waals surface area (Å²) in [6.45, 7) is 2.05. The van der Waals surface area contributed by atoms with Crippen LogP contribution in [0.3, 0.4) is 0 Å². The maximum absolute atomic E-state index is 12.3. The van der Waals surface area contributed by atoms with Crippen molar-refractivity contribution in [2.45, 2.75) is 13.1 Å². The van der Waals surface area contributed by atoms with Gasteiger partial charge in [0.2, 0.25) is 0 Å². The predicted molar refractivity (Wildman–Crippen MR) is 89.0 cm³/mol. The van der Waals surface area contributed by atoms with Gasteiger partial charge in [-0.05, 0) is 24.6 Å². The van der Waals surface area contributed by atoms with Crippen molar-refractivity contribution in [3.05, 3.63) is 71.4 Å². The second-order valence-corrected chi connectivity index (χ2v) is 5.66. The van der Waals surface area contributed by atoms with Crippen molar-refractivity contribution in [1.29, 1.82) is 0 Å². The number of aryl methyl sites for hydroxylation is 1. The van der Waals surface area contributed by atoms with Crippen molar-refractivity contribution in [3.8, 4) is 11.3 Å². The van der Waals surface area contributed by atoms with Crippen LogP contribution in [0.15, 0.2) is 54.7 Å². The van der Waals surface area contributed by atoms with E-state index in [4.69, 9.17) is 0 Å². The van der Waals surface area contributed by atoms with Crippen molar-refractivity contribution in [3.63, 3.8) is 0 Å². The number of nitrogens with zero attached hydrogens (tertiary/aromatic N) is 1. The third-order valence-electron chi connectivity index (χ3n) is 4.07. The van der Waals surface area contributed by atoms with Gasteiger partial charge in [0.25, 0.3) is 5.91 Å². The third kappa shape index (κ3) is 2.36. The number of carbonyl (C=O) groups is 1. The van der Waals surface area contributed by atoms with Gasteiger partial charge in [-0.15, -0.1) is 0 Å². The predicted octanol–water partition coefficient (Wildman–Crippen LogP) is 3.24. The molecule has 1 amide bonds. The van der Waals surface area contributed by atoms with Crippen LogP contribution in [-0.4, -0.2) is 16.1 Å². The average Bonchev–Trinajstić information content (AvgIpc) is 3.05. The standard InChI is InChI=1S/C18H16N4O/c1-11-6-8-12(9-7-11)16-14(10-19-22-16)17-20-15-5-3-2-4-13(15)18(23)21-17/h2-10,17,20H,1H3,(H,19,22)(H,21,23). The molecule has 3 N–H and O–H groups in total. The molecule has 23 heavy (non-hydrogen) atoms. The van der Waals surface area contributed by atoms with Crippen LogP contribution in [0, 0.1) is 6.92 Å². The van der Waals surface area contributed by atoms with Gasteiger partial charge in [0.15, 0.2) is 0 Å². The molecule has 1 unspecified atom stereocenters. The fourth-order valence-corrected chi connectivity index (χ4v) is 2.83. The van der Waals surface area contributed by atoms with Crippen molar-refractivity contribution in [1.82, 2.24) is 15.5 Å². The number of aromatic amines is 1. The van der Waals surface area contributed by atoms with Gasteiger partial charge in [-0.25, -0.2) is 0 Å². The quantitative estimate of drug-likeness (QED) is 0.680. The van der Waals surface area contributed by atoms with Crippen LogP contribution in [0.25, 0.3) is 11.3 Å². The van der Waals surface area contributed by atoms with Crippen molar-refractivity contribution >= 4 is 11.6 Å². The molecular weight excluding hydrogens is 288 g/mol. The first-order valence-corrected chi connectivity index (χ1v) is 7.49. The van der Waals surface area contributed by atoms with Crippen LogP contribution >= 0.6 is 0 Å². The Hall–Kier alpha value is -3.08. The Labute approximate surface area is 133 Å². The number of nitrogens with one attached hydrogen (secondary N) is 3. The highest BCUT2D eigenvalue weighted by molar-refractivity contribution is 6.01. The van der Waals surface area contributed by atoms with Gasteiger partial charge in [0.1, 0.15) is 6.17 Å². The highest BCUT2D eigenvalue weighted by Crippen LogP contribution is 2.31. The number of anilines is 1. The Morgan fingerprint density at radius 2 is 1.78 bits per heavy atom. The first-order valence-electron chi connectivity index (χ1n) is 7.49. The van der Waals surface area contributed by atoms with E-state index in [1.165, 1.54) is 5.56 Å². The summed E-state index contributed by atoms with van der Waals surface area (Å²) >= 11 is 0. The number of carbonyl (C=O) groups excluding carboxylic acids is 1. The Balaban J connectivity index is 1.72. The minimum atomic E-state index is -0.313. The molecule has 1 atom stereocenters. The Bertz CT molecular complexity index is 867. The fraction of sp³-hybridized carbons (Fsp3) is 0.111. The van der Waals surface area contributed by atoms with Crippen LogP contribution in [-0.2, 0) is 0 Å². The normalized spacial score (nSPS) is 16.4. The monoisotopic (exact) mass is 304 g/mol. The molecule has 4 rings (SSSR count). The van der Waals surface area contributed by atoms with Crippen molar-refractivity contribution < 1.29 is 4.79 Å². The van der Waals surface area contributed by atoms with E-state index in [0.717, 1.165) is 22.5 Å². The van der Waals surface area contributed by atoms with Gasteiger partial charge in [-0.2, -0.15) is 5.10 Å². The second-order valence-electron chi connectivity index (χ2n) is 5.66. The number of H-pyrrole nitrogens is 1. The van der Waals surface area contributed by atoms with Crippen LogP contribution in [0.1, 0.15) is 27.7 Å². The van der Waals surface area contributed by atoms with E-state index in [2.05, 4.69) is 39.9 Å². The molecule has 1 aliphatic heterocycles. The average molecular weight is 304 g/mol. The largest absolute Gasteiger partial charge is 0.361 e. The SMILES string of the molecule is Cc1ccc(-c2[nH]ncc2C2NC(=O)c3ccccc3N2)cc1. The molecule has 114 valence electrons. The summed E-state index contributed by atoms with van der Waals surface area (Å²) in [6, 6.07) is 15.7. The summed E-state index contributed by atoms with van der Waals surface area (Å²) in [5.41, 5.74) is 5.55. The van der Waals surface area contributed by atoms with Gasteiger partial charge < -0.3 is 10.6 Å². The zero-order chi connectivity index (χ0) is 15.8. The Morgan fingerprint density at radius 3 is 2.61 bits per heavy atom. The number of para-hydroxylation sites is 1. The molecule has 0 aliphatic carbocycles. The fourth-order valence-electron chi connectivity index (χ4n) is 2.83. The number of hydrogen-bond acceptors (Lipinski definition) is 3. The zero-order valence-corrected chi connectivity index (χ0v) is 12.6.